The molecule has 6 rings (SSSR count). The highest BCUT2D eigenvalue weighted by Crippen LogP contribution is 2.39. The number of hydrogen-bond acceptors (Lipinski definition) is 8. The van der Waals surface area contributed by atoms with E-state index in [0.717, 1.165) is 38.2 Å². The fourth-order valence-corrected chi connectivity index (χ4v) is 5.68. The average Bonchev–Trinajstić information content (AvgIpc) is 3.72. The van der Waals surface area contributed by atoms with Gasteiger partial charge in [0.15, 0.2) is 10.8 Å². The van der Waals surface area contributed by atoms with Crippen LogP contribution in [0.1, 0.15) is 44.2 Å². The number of hydrogen-bond donors (Lipinski definition) is 1. The molecule has 8 nitrogen and oxygen atoms in total. The Morgan fingerprint density at radius 2 is 2.09 bits per heavy atom. The number of rotatable bonds is 8. The van der Waals surface area contributed by atoms with Crippen LogP contribution in [0.5, 0.6) is 0 Å². The Labute approximate surface area is 193 Å². The second kappa shape index (κ2) is 8.09. The van der Waals surface area contributed by atoms with Gasteiger partial charge in [-0.1, -0.05) is 18.3 Å². The molecule has 0 unspecified atom stereocenters. The van der Waals surface area contributed by atoms with E-state index in [0.29, 0.717) is 23.6 Å². The van der Waals surface area contributed by atoms with Crippen LogP contribution in [-0.2, 0) is 4.79 Å². The summed E-state index contributed by atoms with van der Waals surface area (Å²) in [7, 11) is 0. The van der Waals surface area contributed by atoms with E-state index in [-0.39, 0.29) is 5.91 Å². The molecule has 0 saturated heterocycles. The zero-order chi connectivity index (χ0) is 21.7. The molecule has 0 spiro atoms. The van der Waals surface area contributed by atoms with Crippen molar-refractivity contribution in [2.45, 2.75) is 54.6 Å². The third-order valence-electron chi connectivity index (χ3n) is 5.88. The summed E-state index contributed by atoms with van der Waals surface area (Å²) in [5.41, 5.74) is 2.75. The fraction of sp³-hybridized carbons (Fsp3) is 0.409. The summed E-state index contributed by atoms with van der Waals surface area (Å²) in [6, 6.07) is 10.7. The van der Waals surface area contributed by atoms with Crippen LogP contribution in [0.4, 0.5) is 5.13 Å². The zero-order valence-corrected chi connectivity index (χ0v) is 19.3. The van der Waals surface area contributed by atoms with Gasteiger partial charge in [-0.25, -0.2) is 4.98 Å². The van der Waals surface area contributed by atoms with Crippen molar-refractivity contribution in [3.8, 4) is 0 Å². The van der Waals surface area contributed by atoms with E-state index in [1.54, 1.807) is 0 Å². The second-order valence-corrected chi connectivity index (χ2v) is 10.4. The predicted octanol–water partition coefficient (Wildman–Crippen LogP) is 4.19. The molecule has 2 aliphatic carbocycles. The van der Waals surface area contributed by atoms with E-state index < -0.39 is 0 Å². The summed E-state index contributed by atoms with van der Waals surface area (Å²) in [5, 5.41) is 17.7. The molecule has 3 heterocycles. The van der Waals surface area contributed by atoms with Gasteiger partial charge in [-0.05, 0) is 74.3 Å². The van der Waals surface area contributed by atoms with E-state index in [2.05, 4.69) is 44.5 Å². The van der Waals surface area contributed by atoms with Gasteiger partial charge in [-0.2, -0.15) is 9.61 Å². The molecular weight excluding hydrogens is 442 g/mol. The number of likely N-dealkylation sites (N-methyl/N-ethyl adjacent to an activating group) is 1. The van der Waals surface area contributed by atoms with Crippen molar-refractivity contribution in [2.75, 3.05) is 18.4 Å². The number of anilines is 1. The highest BCUT2D eigenvalue weighted by atomic mass is 32.2. The van der Waals surface area contributed by atoms with Crippen molar-refractivity contribution in [1.82, 2.24) is 29.7 Å². The number of thiazole rings is 1. The van der Waals surface area contributed by atoms with Gasteiger partial charge in [0.05, 0.1) is 22.5 Å². The van der Waals surface area contributed by atoms with Crippen LogP contribution >= 0.6 is 23.1 Å². The summed E-state index contributed by atoms with van der Waals surface area (Å²) in [6.07, 6.45) is 4.81. The highest BCUT2D eigenvalue weighted by Gasteiger charge is 2.29. The number of benzene rings is 1. The van der Waals surface area contributed by atoms with E-state index in [4.69, 9.17) is 5.10 Å². The van der Waals surface area contributed by atoms with Crippen LogP contribution in [0.2, 0.25) is 0 Å². The number of aromatic nitrogens is 5. The molecule has 0 atom stereocenters. The Morgan fingerprint density at radius 3 is 2.88 bits per heavy atom. The minimum Gasteiger partial charge on any atom is -0.301 e. The first kappa shape index (κ1) is 20.1. The van der Waals surface area contributed by atoms with Crippen LogP contribution in [0.25, 0.3) is 15.9 Å². The molecule has 4 aromatic rings. The van der Waals surface area contributed by atoms with Crippen LogP contribution in [0.15, 0.2) is 40.4 Å². The van der Waals surface area contributed by atoms with Gasteiger partial charge >= 0.3 is 0 Å². The topological polar surface area (TPSA) is 88.3 Å². The van der Waals surface area contributed by atoms with Crippen LogP contribution < -0.4 is 5.32 Å². The largest absolute Gasteiger partial charge is 0.301 e. The molecule has 1 amide bonds. The molecule has 10 heteroatoms. The Balaban J connectivity index is 1.19. The smallest absolute Gasteiger partial charge is 0.240 e. The van der Waals surface area contributed by atoms with Crippen molar-refractivity contribution in [1.29, 1.82) is 0 Å². The van der Waals surface area contributed by atoms with E-state index in [1.165, 1.54) is 48.8 Å². The van der Waals surface area contributed by atoms with Gasteiger partial charge in [0.25, 0.3) is 0 Å². The molecule has 3 aromatic heterocycles. The SMILES string of the molecule is CCN(CC(=O)Nc1nc2ccc(Sc3nnc4ccc(C5CC5)nn34)cc2s1)C1CC1. The fourth-order valence-electron chi connectivity index (χ4n) is 3.85. The van der Waals surface area contributed by atoms with Gasteiger partial charge in [-0.3, -0.25) is 9.69 Å². The zero-order valence-electron chi connectivity index (χ0n) is 17.7. The molecule has 2 aliphatic rings. The molecule has 32 heavy (non-hydrogen) atoms. The first-order chi connectivity index (χ1) is 15.7. The van der Waals surface area contributed by atoms with Gasteiger partial charge in [0.1, 0.15) is 0 Å². The maximum absolute atomic E-state index is 12.5. The van der Waals surface area contributed by atoms with Crippen molar-refractivity contribution >= 4 is 50.0 Å². The number of fused-ring (bicyclic) bond motifs is 2. The van der Waals surface area contributed by atoms with E-state index in [1.807, 2.05) is 22.7 Å². The Kier molecular flexibility index (Phi) is 5.08. The second-order valence-electron chi connectivity index (χ2n) is 8.38. The molecule has 164 valence electrons. The number of nitrogens with one attached hydrogen (secondary N) is 1. The van der Waals surface area contributed by atoms with E-state index in [9.17, 15) is 4.79 Å². The molecule has 2 saturated carbocycles. The Bertz CT molecular complexity index is 1310. The number of amides is 1. The first-order valence-corrected chi connectivity index (χ1v) is 12.6. The number of carbonyl (C=O) groups is 1. The van der Waals surface area contributed by atoms with Gasteiger partial charge in [-0.15, -0.1) is 10.2 Å². The average molecular weight is 466 g/mol. The molecule has 2 fully saturated rings. The summed E-state index contributed by atoms with van der Waals surface area (Å²) < 4.78 is 2.86. The molecule has 0 bridgehead atoms. The Morgan fingerprint density at radius 1 is 1.22 bits per heavy atom. The summed E-state index contributed by atoms with van der Waals surface area (Å²) in [6.45, 7) is 3.42. The van der Waals surface area contributed by atoms with Gasteiger partial charge in [0.2, 0.25) is 11.1 Å². The number of nitrogens with zero attached hydrogens (tertiary/aromatic N) is 6. The van der Waals surface area contributed by atoms with Crippen LogP contribution in [0.3, 0.4) is 0 Å². The standard InChI is InChI=1S/C22H23N7OS2/c1-2-28(14-5-6-14)12-20(30)24-21-23-17-8-7-15(11-18(17)32-21)31-22-26-25-19-10-9-16(13-3-4-13)27-29(19)22/h7-11,13-14H,2-6,12H2,1H3,(H,23,24,30). The third-order valence-corrected chi connectivity index (χ3v) is 7.74. The molecular formula is C22H23N7OS2. The minimum atomic E-state index is -0.000115. The van der Waals surface area contributed by atoms with Crippen molar-refractivity contribution in [3.63, 3.8) is 0 Å². The van der Waals surface area contributed by atoms with E-state index >= 15 is 0 Å². The lowest BCUT2D eigenvalue weighted by Gasteiger charge is -2.18. The molecule has 0 radical (unpaired) electrons. The van der Waals surface area contributed by atoms with Gasteiger partial charge in [0, 0.05) is 16.9 Å². The Hall–Kier alpha value is -2.56. The summed E-state index contributed by atoms with van der Waals surface area (Å²) in [5.74, 6) is 0.579. The van der Waals surface area contributed by atoms with Crippen LogP contribution in [-0.4, -0.2) is 54.7 Å². The maximum atomic E-state index is 12.5. The minimum absolute atomic E-state index is 0.000115. The summed E-state index contributed by atoms with van der Waals surface area (Å²) >= 11 is 3.03. The lowest BCUT2D eigenvalue weighted by molar-refractivity contribution is -0.117. The molecule has 1 aromatic carbocycles. The predicted molar refractivity (Wildman–Crippen MR) is 125 cm³/mol. The monoisotopic (exact) mass is 465 g/mol. The van der Waals surface area contributed by atoms with Crippen LogP contribution in [0, 0.1) is 0 Å². The van der Waals surface area contributed by atoms with Gasteiger partial charge < -0.3 is 5.32 Å². The normalized spacial score (nSPS) is 16.3. The maximum Gasteiger partial charge on any atom is 0.240 e. The van der Waals surface area contributed by atoms with Crippen molar-refractivity contribution in [2.24, 2.45) is 0 Å². The lowest BCUT2D eigenvalue weighted by Crippen LogP contribution is -2.34. The molecule has 1 N–H and O–H groups in total. The third kappa shape index (κ3) is 4.10. The molecule has 0 aliphatic heterocycles. The van der Waals surface area contributed by atoms with Crippen molar-refractivity contribution < 1.29 is 4.79 Å². The number of carbonyl (C=O) groups excluding carboxylic acids is 1. The highest BCUT2D eigenvalue weighted by molar-refractivity contribution is 7.99. The van der Waals surface area contributed by atoms with Crippen molar-refractivity contribution in [3.05, 3.63) is 36.0 Å². The first-order valence-electron chi connectivity index (χ1n) is 11.0. The lowest BCUT2D eigenvalue weighted by atomic mass is 10.3. The quantitative estimate of drug-likeness (QED) is 0.417. The summed E-state index contributed by atoms with van der Waals surface area (Å²) in [4.78, 5) is 20.3.